The molecule has 0 bridgehead atoms. The number of thioether (sulfide) groups is 1. The first kappa shape index (κ1) is 19.4. The third-order valence-corrected chi connectivity index (χ3v) is 6.07. The number of nitrogens with two attached hydrogens (primary N) is 1. The first-order valence-electron chi connectivity index (χ1n) is 8.56. The second-order valence-corrected chi connectivity index (χ2v) is 8.19. The van der Waals surface area contributed by atoms with E-state index in [2.05, 4.69) is 17.4 Å². The van der Waals surface area contributed by atoms with Crippen molar-refractivity contribution in [1.82, 2.24) is 0 Å². The maximum Gasteiger partial charge on any atom is 0.317 e. The number of esters is 1. The number of fused-ring (bicyclic) bond motifs is 1. The maximum atomic E-state index is 12.2. The summed E-state index contributed by atoms with van der Waals surface area (Å²) in [7, 11) is 0. The molecule has 8 heteroatoms. The van der Waals surface area contributed by atoms with E-state index in [4.69, 9.17) is 10.5 Å². The SMILES string of the molecule is CC(OC(=O)CSc1ccc2c(c1)CCC2)C(=O)Nc1sccc1C(N)=O. The van der Waals surface area contributed by atoms with Crippen LogP contribution in [0.2, 0.25) is 0 Å². The number of benzene rings is 1. The number of carbonyl (C=O) groups is 3. The number of hydrogen-bond acceptors (Lipinski definition) is 6. The molecular formula is C19H20N2O4S2. The second kappa shape index (κ2) is 8.58. The molecule has 1 aromatic heterocycles. The quantitative estimate of drug-likeness (QED) is 0.546. The zero-order valence-electron chi connectivity index (χ0n) is 14.8. The van der Waals surface area contributed by atoms with E-state index in [0.717, 1.165) is 17.7 Å². The number of thiophene rings is 1. The lowest BCUT2D eigenvalue weighted by molar-refractivity contribution is -0.150. The van der Waals surface area contributed by atoms with Crippen LogP contribution in [0.5, 0.6) is 0 Å². The summed E-state index contributed by atoms with van der Waals surface area (Å²) in [6.45, 7) is 1.49. The minimum absolute atomic E-state index is 0.127. The number of anilines is 1. The Morgan fingerprint density at radius 2 is 2.04 bits per heavy atom. The highest BCUT2D eigenvalue weighted by atomic mass is 32.2. The molecule has 142 valence electrons. The molecule has 1 aliphatic carbocycles. The van der Waals surface area contributed by atoms with Crippen molar-refractivity contribution in [3.05, 3.63) is 46.3 Å². The van der Waals surface area contributed by atoms with Gasteiger partial charge in [0.15, 0.2) is 6.10 Å². The van der Waals surface area contributed by atoms with Crippen LogP contribution >= 0.6 is 23.1 Å². The van der Waals surface area contributed by atoms with Crippen molar-refractivity contribution < 1.29 is 19.1 Å². The monoisotopic (exact) mass is 404 g/mol. The summed E-state index contributed by atoms with van der Waals surface area (Å²) in [6, 6.07) is 7.79. The lowest BCUT2D eigenvalue weighted by Crippen LogP contribution is -2.31. The van der Waals surface area contributed by atoms with Crippen molar-refractivity contribution in [1.29, 1.82) is 0 Å². The van der Waals surface area contributed by atoms with Gasteiger partial charge in [0.25, 0.3) is 11.8 Å². The highest BCUT2D eigenvalue weighted by Gasteiger charge is 2.21. The zero-order chi connectivity index (χ0) is 19.4. The van der Waals surface area contributed by atoms with Gasteiger partial charge in [-0.3, -0.25) is 14.4 Å². The number of hydrogen-bond donors (Lipinski definition) is 2. The number of carbonyl (C=O) groups excluding carboxylic acids is 3. The van der Waals surface area contributed by atoms with Gasteiger partial charge in [0, 0.05) is 4.90 Å². The van der Waals surface area contributed by atoms with Gasteiger partial charge in [0.05, 0.1) is 11.3 Å². The Labute approximate surface area is 165 Å². The van der Waals surface area contributed by atoms with Crippen LogP contribution in [0, 0.1) is 0 Å². The molecule has 0 fully saturated rings. The highest BCUT2D eigenvalue weighted by Crippen LogP contribution is 2.28. The molecule has 1 atom stereocenters. The molecule has 0 spiro atoms. The summed E-state index contributed by atoms with van der Waals surface area (Å²) >= 11 is 2.58. The number of amides is 2. The fourth-order valence-corrected chi connectivity index (χ4v) is 4.42. The summed E-state index contributed by atoms with van der Waals surface area (Å²) in [6.07, 6.45) is 2.42. The number of primary amides is 1. The van der Waals surface area contributed by atoms with E-state index in [1.165, 1.54) is 53.6 Å². The van der Waals surface area contributed by atoms with E-state index in [1.54, 1.807) is 5.38 Å². The Morgan fingerprint density at radius 1 is 1.26 bits per heavy atom. The summed E-state index contributed by atoms with van der Waals surface area (Å²) in [5.41, 5.74) is 8.22. The van der Waals surface area contributed by atoms with Crippen molar-refractivity contribution in [2.45, 2.75) is 37.2 Å². The first-order valence-corrected chi connectivity index (χ1v) is 10.4. The Bertz CT molecular complexity index is 878. The molecule has 0 saturated carbocycles. The molecule has 6 nitrogen and oxygen atoms in total. The van der Waals surface area contributed by atoms with Crippen LogP contribution in [-0.2, 0) is 27.2 Å². The van der Waals surface area contributed by atoms with Crippen LogP contribution in [0.1, 0.15) is 34.8 Å². The van der Waals surface area contributed by atoms with Crippen LogP contribution in [-0.4, -0.2) is 29.6 Å². The number of aryl methyl sites for hydroxylation is 2. The molecule has 27 heavy (non-hydrogen) atoms. The molecule has 3 N–H and O–H groups in total. The smallest absolute Gasteiger partial charge is 0.317 e. The summed E-state index contributed by atoms with van der Waals surface area (Å²) in [5, 5.41) is 4.58. The standard InChI is InChI=1S/C19H20N2O4S2/c1-11(18(24)21-19-15(17(20)23)7-8-26-19)25-16(22)10-27-14-6-5-12-3-2-4-13(12)9-14/h5-9,11H,2-4,10H2,1H3,(H2,20,23)(H,21,24). The molecule has 1 heterocycles. The first-order chi connectivity index (χ1) is 12.9. The molecular weight excluding hydrogens is 384 g/mol. The van der Waals surface area contributed by atoms with Gasteiger partial charge >= 0.3 is 5.97 Å². The van der Waals surface area contributed by atoms with Crippen LogP contribution < -0.4 is 11.1 Å². The summed E-state index contributed by atoms with van der Waals surface area (Å²) in [4.78, 5) is 36.5. The predicted octanol–water partition coefficient (Wildman–Crippen LogP) is 3.00. The van der Waals surface area contributed by atoms with E-state index >= 15 is 0 Å². The minimum Gasteiger partial charge on any atom is -0.452 e. The van der Waals surface area contributed by atoms with Crippen LogP contribution in [0.4, 0.5) is 5.00 Å². The van der Waals surface area contributed by atoms with Gasteiger partial charge in [-0.15, -0.1) is 23.1 Å². The van der Waals surface area contributed by atoms with Gasteiger partial charge in [0.1, 0.15) is 5.00 Å². The fraction of sp³-hybridized carbons (Fsp3) is 0.316. The van der Waals surface area contributed by atoms with Gasteiger partial charge < -0.3 is 15.8 Å². The van der Waals surface area contributed by atoms with Crippen molar-refractivity contribution in [2.24, 2.45) is 5.73 Å². The lowest BCUT2D eigenvalue weighted by atomic mass is 10.1. The Hall–Kier alpha value is -2.32. The van der Waals surface area contributed by atoms with Crippen molar-refractivity contribution in [3.63, 3.8) is 0 Å². The topological polar surface area (TPSA) is 98.5 Å². The molecule has 1 unspecified atom stereocenters. The minimum atomic E-state index is -0.971. The molecule has 2 amide bonds. The number of nitrogens with one attached hydrogen (secondary N) is 1. The van der Waals surface area contributed by atoms with E-state index in [9.17, 15) is 14.4 Å². The van der Waals surface area contributed by atoms with E-state index < -0.39 is 23.9 Å². The van der Waals surface area contributed by atoms with Crippen LogP contribution in [0.25, 0.3) is 0 Å². The van der Waals surface area contributed by atoms with Gasteiger partial charge in [-0.2, -0.15) is 0 Å². The average Bonchev–Trinajstić information content (AvgIpc) is 3.28. The van der Waals surface area contributed by atoms with Crippen molar-refractivity contribution in [3.8, 4) is 0 Å². The van der Waals surface area contributed by atoms with Gasteiger partial charge in [0.2, 0.25) is 0 Å². The Morgan fingerprint density at radius 3 is 2.81 bits per heavy atom. The molecule has 1 aromatic carbocycles. The van der Waals surface area contributed by atoms with Gasteiger partial charge in [-0.1, -0.05) is 6.07 Å². The number of ether oxygens (including phenoxy) is 1. The van der Waals surface area contributed by atoms with Crippen molar-refractivity contribution in [2.75, 3.05) is 11.1 Å². The molecule has 0 saturated heterocycles. The highest BCUT2D eigenvalue weighted by molar-refractivity contribution is 8.00. The van der Waals surface area contributed by atoms with Crippen LogP contribution in [0.3, 0.4) is 0 Å². The molecule has 0 aliphatic heterocycles. The van der Waals surface area contributed by atoms with E-state index in [0.29, 0.717) is 5.00 Å². The zero-order valence-corrected chi connectivity index (χ0v) is 16.5. The Kier molecular flexibility index (Phi) is 6.18. The van der Waals surface area contributed by atoms with Crippen LogP contribution in [0.15, 0.2) is 34.5 Å². The largest absolute Gasteiger partial charge is 0.452 e. The summed E-state index contributed by atoms with van der Waals surface area (Å²) in [5.74, 6) is -1.47. The molecule has 0 radical (unpaired) electrons. The van der Waals surface area contributed by atoms with E-state index in [1.807, 2.05) is 6.07 Å². The third-order valence-electron chi connectivity index (χ3n) is 4.27. The second-order valence-electron chi connectivity index (χ2n) is 6.22. The van der Waals surface area contributed by atoms with Gasteiger partial charge in [-0.05, 0) is 60.9 Å². The third kappa shape index (κ3) is 4.90. The molecule has 1 aliphatic rings. The molecule has 3 rings (SSSR count). The van der Waals surface area contributed by atoms with E-state index in [-0.39, 0.29) is 11.3 Å². The maximum absolute atomic E-state index is 12.2. The summed E-state index contributed by atoms with van der Waals surface area (Å²) < 4.78 is 5.19. The average molecular weight is 405 g/mol. The lowest BCUT2D eigenvalue weighted by Gasteiger charge is -2.13. The normalized spacial score (nSPS) is 13.7. The number of rotatable bonds is 7. The van der Waals surface area contributed by atoms with Gasteiger partial charge in [-0.25, -0.2) is 0 Å². The van der Waals surface area contributed by atoms with Crippen molar-refractivity contribution >= 4 is 45.9 Å². The molecule has 2 aromatic rings. The predicted molar refractivity (Wildman–Crippen MR) is 106 cm³/mol. The Balaban J connectivity index is 1.49. The fourth-order valence-electron chi connectivity index (χ4n) is 2.88.